The van der Waals surface area contributed by atoms with Gasteiger partial charge in [0.05, 0.1) is 0 Å². The second kappa shape index (κ2) is 7.33. The van der Waals surface area contributed by atoms with Crippen LogP contribution in [0.25, 0.3) is 6.08 Å². The summed E-state index contributed by atoms with van der Waals surface area (Å²) in [5.41, 5.74) is 1.83. The Morgan fingerprint density at radius 1 is 1.35 bits per heavy atom. The minimum absolute atomic E-state index is 0.196. The topological polar surface area (TPSA) is 21.3 Å². The van der Waals surface area contributed by atoms with Crippen molar-refractivity contribution in [3.63, 3.8) is 0 Å². The molecule has 0 spiro atoms. The SMILES string of the molecule is CC/C(=C/c1cccc(OC(F)(F)F)c1)CNC(C)C. The Morgan fingerprint density at radius 3 is 2.60 bits per heavy atom. The lowest BCUT2D eigenvalue weighted by Crippen LogP contribution is -2.24. The van der Waals surface area contributed by atoms with Gasteiger partial charge in [-0.15, -0.1) is 13.2 Å². The van der Waals surface area contributed by atoms with Gasteiger partial charge in [-0.1, -0.05) is 44.6 Å². The van der Waals surface area contributed by atoms with Gasteiger partial charge in [-0.2, -0.15) is 0 Å². The molecule has 0 saturated carbocycles. The van der Waals surface area contributed by atoms with Gasteiger partial charge in [-0.05, 0) is 24.1 Å². The van der Waals surface area contributed by atoms with Gasteiger partial charge in [0.2, 0.25) is 0 Å². The molecule has 5 heteroatoms. The highest BCUT2D eigenvalue weighted by Gasteiger charge is 2.30. The van der Waals surface area contributed by atoms with Crippen LogP contribution in [-0.4, -0.2) is 18.9 Å². The maximum absolute atomic E-state index is 12.2. The normalized spacial score (nSPS) is 12.8. The van der Waals surface area contributed by atoms with Crippen molar-refractivity contribution >= 4 is 6.08 Å². The van der Waals surface area contributed by atoms with E-state index in [0.29, 0.717) is 11.6 Å². The second-order valence-corrected chi connectivity index (χ2v) is 4.81. The molecule has 0 aliphatic rings. The third kappa shape index (κ3) is 6.61. The van der Waals surface area contributed by atoms with E-state index in [-0.39, 0.29) is 5.75 Å². The molecule has 0 atom stereocenters. The Morgan fingerprint density at radius 2 is 2.05 bits per heavy atom. The molecule has 0 aliphatic heterocycles. The van der Waals surface area contributed by atoms with Crippen LogP contribution in [0.2, 0.25) is 0 Å². The average Bonchev–Trinajstić information content (AvgIpc) is 2.32. The first-order valence-electron chi connectivity index (χ1n) is 6.59. The zero-order valence-electron chi connectivity index (χ0n) is 11.9. The van der Waals surface area contributed by atoms with Gasteiger partial charge in [0.15, 0.2) is 0 Å². The van der Waals surface area contributed by atoms with Gasteiger partial charge in [-0.25, -0.2) is 0 Å². The quantitative estimate of drug-likeness (QED) is 0.838. The molecule has 2 nitrogen and oxygen atoms in total. The van der Waals surface area contributed by atoms with Crippen molar-refractivity contribution in [2.75, 3.05) is 6.54 Å². The van der Waals surface area contributed by atoms with Gasteiger partial charge in [-0.3, -0.25) is 0 Å². The number of hydrogen-bond donors (Lipinski definition) is 1. The molecule has 1 rings (SSSR count). The molecule has 1 N–H and O–H groups in total. The lowest BCUT2D eigenvalue weighted by atomic mass is 10.1. The zero-order valence-corrected chi connectivity index (χ0v) is 11.9. The smallest absolute Gasteiger partial charge is 0.406 e. The monoisotopic (exact) mass is 287 g/mol. The van der Waals surface area contributed by atoms with Gasteiger partial charge in [0, 0.05) is 12.6 Å². The summed E-state index contributed by atoms with van der Waals surface area (Å²) in [6, 6.07) is 6.36. The van der Waals surface area contributed by atoms with Crippen molar-refractivity contribution in [2.45, 2.75) is 39.6 Å². The number of benzene rings is 1. The van der Waals surface area contributed by atoms with E-state index in [2.05, 4.69) is 10.1 Å². The molecule has 0 bridgehead atoms. The van der Waals surface area contributed by atoms with Crippen LogP contribution in [-0.2, 0) is 0 Å². The van der Waals surface area contributed by atoms with Crippen molar-refractivity contribution in [3.05, 3.63) is 35.4 Å². The first-order valence-corrected chi connectivity index (χ1v) is 6.59. The van der Waals surface area contributed by atoms with Gasteiger partial charge in [0.1, 0.15) is 5.75 Å². The van der Waals surface area contributed by atoms with Crippen molar-refractivity contribution in [3.8, 4) is 5.75 Å². The Bertz CT molecular complexity index is 453. The molecule has 0 saturated heterocycles. The minimum atomic E-state index is -4.66. The lowest BCUT2D eigenvalue weighted by Gasteiger charge is -2.11. The first-order chi connectivity index (χ1) is 9.30. The highest BCUT2D eigenvalue weighted by Crippen LogP contribution is 2.24. The van der Waals surface area contributed by atoms with Crippen molar-refractivity contribution in [1.29, 1.82) is 0 Å². The number of alkyl halides is 3. The van der Waals surface area contributed by atoms with Crippen LogP contribution in [0.15, 0.2) is 29.8 Å². The fraction of sp³-hybridized carbons (Fsp3) is 0.467. The largest absolute Gasteiger partial charge is 0.573 e. The highest BCUT2D eigenvalue weighted by atomic mass is 19.4. The number of ether oxygens (including phenoxy) is 1. The van der Waals surface area contributed by atoms with Crippen molar-refractivity contribution in [2.24, 2.45) is 0 Å². The molecule has 0 aliphatic carbocycles. The van der Waals surface area contributed by atoms with Crippen LogP contribution in [0.1, 0.15) is 32.8 Å². The van der Waals surface area contributed by atoms with Crippen LogP contribution >= 0.6 is 0 Å². The van der Waals surface area contributed by atoms with Crippen molar-refractivity contribution in [1.82, 2.24) is 5.32 Å². The number of rotatable bonds is 6. The highest BCUT2D eigenvalue weighted by molar-refractivity contribution is 5.55. The van der Waals surface area contributed by atoms with E-state index in [0.717, 1.165) is 18.5 Å². The molecule has 0 heterocycles. The number of hydrogen-bond acceptors (Lipinski definition) is 2. The molecule has 1 aromatic rings. The molecular weight excluding hydrogens is 267 g/mol. The fourth-order valence-electron chi connectivity index (χ4n) is 1.65. The number of halogens is 3. The Balaban J connectivity index is 2.82. The molecule has 0 amide bonds. The van der Waals surface area contributed by atoms with E-state index < -0.39 is 6.36 Å². The van der Waals surface area contributed by atoms with Gasteiger partial charge in [0.25, 0.3) is 0 Å². The van der Waals surface area contributed by atoms with E-state index in [4.69, 9.17) is 0 Å². The summed E-state index contributed by atoms with van der Waals surface area (Å²) in [7, 11) is 0. The summed E-state index contributed by atoms with van der Waals surface area (Å²) in [6.45, 7) is 6.83. The van der Waals surface area contributed by atoms with Gasteiger partial charge >= 0.3 is 6.36 Å². The van der Waals surface area contributed by atoms with Crippen LogP contribution in [0.5, 0.6) is 5.75 Å². The molecule has 0 aromatic heterocycles. The molecule has 0 unspecified atom stereocenters. The molecule has 112 valence electrons. The summed E-state index contributed by atoms with van der Waals surface area (Å²) < 4.78 is 40.4. The minimum Gasteiger partial charge on any atom is -0.406 e. The van der Waals surface area contributed by atoms with E-state index in [1.165, 1.54) is 12.1 Å². The summed E-state index contributed by atoms with van der Waals surface area (Å²) in [4.78, 5) is 0. The molecule has 0 fully saturated rings. The Kier molecular flexibility index (Phi) is 6.07. The predicted molar refractivity (Wildman–Crippen MR) is 74.5 cm³/mol. The Labute approximate surface area is 117 Å². The van der Waals surface area contributed by atoms with E-state index in [1.807, 2.05) is 26.8 Å². The standard InChI is InChI=1S/C15H20F3NO/c1-4-12(10-19-11(2)3)8-13-6-5-7-14(9-13)20-15(16,17)18/h5-9,11,19H,4,10H2,1-3H3/b12-8-. The molecule has 20 heavy (non-hydrogen) atoms. The maximum atomic E-state index is 12.2. The van der Waals surface area contributed by atoms with Crippen LogP contribution in [0.4, 0.5) is 13.2 Å². The third-order valence-electron chi connectivity index (χ3n) is 2.65. The van der Waals surface area contributed by atoms with E-state index >= 15 is 0 Å². The van der Waals surface area contributed by atoms with E-state index in [1.54, 1.807) is 12.1 Å². The second-order valence-electron chi connectivity index (χ2n) is 4.81. The van der Waals surface area contributed by atoms with Gasteiger partial charge < -0.3 is 10.1 Å². The number of nitrogens with one attached hydrogen (secondary N) is 1. The first kappa shape index (κ1) is 16.6. The summed E-state index contributed by atoms with van der Waals surface area (Å²) in [5.74, 6) is -0.196. The molecular formula is C15H20F3NO. The van der Waals surface area contributed by atoms with Crippen LogP contribution < -0.4 is 10.1 Å². The fourth-order valence-corrected chi connectivity index (χ4v) is 1.65. The molecule has 1 aromatic carbocycles. The summed E-state index contributed by atoms with van der Waals surface area (Å²) in [5, 5.41) is 3.29. The van der Waals surface area contributed by atoms with E-state index in [9.17, 15) is 13.2 Å². The average molecular weight is 287 g/mol. The molecule has 0 radical (unpaired) electrons. The Hall–Kier alpha value is -1.49. The predicted octanol–water partition coefficient (Wildman–Crippen LogP) is 4.38. The maximum Gasteiger partial charge on any atom is 0.573 e. The zero-order chi connectivity index (χ0) is 15.2. The summed E-state index contributed by atoms with van der Waals surface area (Å²) in [6.07, 6.45) is -1.93. The lowest BCUT2D eigenvalue weighted by molar-refractivity contribution is -0.274. The van der Waals surface area contributed by atoms with Crippen LogP contribution in [0, 0.1) is 0 Å². The third-order valence-corrected chi connectivity index (χ3v) is 2.65. The van der Waals surface area contributed by atoms with Crippen molar-refractivity contribution < 1.29 is 17.9 Å². The van der Waals surface area contributed by atoms with Crippen LogP contribution in [0.3, 0.4) is 0 Å². The summed E-state index contributed by atoms with van der Waals surface area (Å²) >= 11 is 0.